The van der Waals surface area contributed by atoms with Crippen molar-refractivity contribution in [2.24, 2.45) is 0 Å². The number of ether oxygens (including phenoxy) is 3. The number of carbonyl (C=O) groups excluding carboxylic acids is 2. The number of anilines is 1. The number of hydrogen-bond donors (Lipinski definition) is 3. The zero-order valence-corrected chi connectivity index (χ0v) is 23.5. The summed E-state index contributed by atoms with van der Waals surface area (Å²) in [5, 5.41) is 14.6. The minimum absolute atomic E-state index is 0.0114. The molecule has 0 unspecified atom stereocenters. The molecule has 1 aliphatic rings. The molecule has 10 heteroatoms. The van der Waals surface area contributed by atoms with E-state index in [0.717, 1.165) is 41.9 Å². The molecule has 2 heterocycles. The molecule has 2 amide bonds. The van der Waals surface area contributed by atoms with Crippen molar-refractivity contribution in [3.8, 4) is 0 Å². The minimum Gasteiger partial charge on any atom is -0.465 e. The van der Waals surface area contributed by atoms with E-state index in [1.165, 1.54) is 0 Å². The van der Waals surface area contributed by atoms with Gasteiger partial charge in [0.1, 0.15) is 6.54 Å². The van der Waals surface area contributed by atoms with Gasteiger partial charge in [-0.3, -0.25) is 9.78 Å². The molecule has 10 nitrogen and oxygen atoms in total. The van der Waals surface area contributed by atoms with E-state index in [9.17, 15) is 14.7 Å². The Morgan fingerprint density at radius 2 is 1.80 bits per heavy atom. The predicted molar refractivity (Wildman–Crippen MR) is 154 cm³/mol. The first-order chi connectivity index (χ1) is 19.9. The Balaban J connectivity index is 1.41. The van der Waals surface area contributed by atoms with Crippen molar-refractivity contribution in [2.45, 2.75) is 44.9 Å². The van der Waals surface area contributed by atoms with Gasteiger partial charge in [0.05, 0.1) is 25.4 Å². The Kier molecular flexibility index (Phi) is 11.2. The largest absolute Gasteiger partial charge is 0.465 e. The van der Waals surface area contributed by atoms with Crippen LogP contribution >= 0.6 is 0 Å². The molecule has 4 rings (SSSR count). The molecule has 2 aromatic carbocycles. The number of pyridine rings is 1. The monoisotopic (exact) mass is 562 g/mol. The Bertz CT molecular complexity index is 1240. The molecule has 0 spiro atoms. The van der Waals surface area contributed by atoms with Crippen molar-refractivity contribution in [1.29, 1.82) is 0 Å². The van der Waals surface area contributed by atoms with Gasteiger partial charge in [0, 0.05) is 49.1 Å². The number of amides is 2. The lowest BCUT2D eigenvalue weighted by Crippen LogP contribution is -2.38. The van der Waals surface area contributed by atoms with E-state index >= 15 is 0 Å². The summed E-state index contributed by atoms with van der Waals surface area (Å²) in [6.07, 6.45) is 2.46. The van der Waals surface area contributed by atoms with Crippen LogP contribution in [0.25, 0.3) is 0 Å². The molecule has 1 saturated heterocycles. The Hall–Kier alpha value is -3.83. The number of aliphatic hydroxyl groups excluding tert-OH is 1. The second-order valence-corrected chi connectivity index (χ2v) is 9.92. The second-order valence-electron chi connectivity index (χ2n) is 9.92. The summed E-state index contributed by atoms with van der Waals surface area (Å²) < 4.78 is 17.7. The highest BCUT2D eigenvalue weighted by Crippen LogP contribution is 2.38. The smallest absolute Gasteiger partial charge is 0.325 e. The Morgan fingerprint density at radius 1 is 1.05 bits per heavy atom. The average Bonchev–Trinajstić information content (AvgIpc) is 3.00. The van der Waals surface area contributed by atoms with Gasteiger partial charge in [-0.2, -0.15) is 0 Å². The van der Waals surface area contributed by atoms with Gasteiger partial charge in [-0.15, -0.1) is 0 Å². The number of benzene rings is 2. The molecular weight excluding hydrogens is 524 g/mol. The van der Waals surface area contributed by atoms with Crippen molar-refractivity contribution in [3.05, 3.63) is 95.3 Å². The molecule has 41 heavy (non-hydrogen) atoms. The van der Waals surface area contributed by atoms with Gasteiger partial charge in [0.15, 0.2) is 6.29 Å². The fourth-order valence-corrected chi connectivity index (χ4v) is 4.59. The molecular formula is C31H38N4O6. The maximum absolute atomic E-state index is 12.1. The maximum atomic E-state index is 12.1. The third kappa shape index (κ3) is 9.36. The number of aliphatic hydroxyl groups is 1. The zero-order valence-electron chi connectivity index (χ0n) is 23.5. The van der Waals surface area contributed by atoms with Gasteiger partial charge in [0.25, 0.3) is 0 Å². The lowest BCUT2D eigenvalue weighted by molar-refractivity contribution is -0.252. The topological polar surface area (TPSA) is 122 Å². The summed E-state index contributed by atoms with van der Waals surface area (Å²) in [6.45, 7) is 3.31. The molecule has 0 saturated carbocycles. The highest BCUT2D eigenvalue weighted by Gasteiger charge is 2.32. The van der Waals surface area contributed by atoms with Crippen molar-refractivity contribution in [2.75, 3.05) is 38.6 Å². The number of aromatic nitrogens is 1. The first-order valence-electron chi connectivity index (χ1n) is 13.8. The van der Waals surface area contributed by atoms with Crippen LogP contribution in [0.2, 0.25) is 0 Å². The van der Waals surface area contributed by atoms with Gasteiger partial charge in [-0.1, -0.05) is 42.5 Å². The molecule has 0 aliphatic carbocycles. The van der Waals surface area contributed by atoms with Crippen LogP contribution in [-0.2, 0) is 32.0 Å². The summed E-state index contributed by atoms with van der Waals surface area (Å²) in [7, 11) is 2.08. The highest BCUT2D eigenvalue weighted by atomic mass is 16.7. The molecule has 3 atom stereocenters. The number of nitrogens with zero attached hydrogens (tertiary/aromatic N) is 2. The van der Waals surface area contributed by atoms with E-state index in [0.29, 0.717) is 12.1 Å². The van der Waals surface area contributed by atoms with Crippen LogP contribution in [0.5, 0.6) is 0 Å². The summed E-state index contributed by atoms with van der Waals surface area (Å²) in [4.78, 5) is 30.3. The molecule has 3 N–H and O–H groups in total. The number of hydrogen-bond acceptors (Lipinski definition) is 8. The first-order valence-corrected chi connectivity index (χ1v) is 13.8. The van der Waals surface area contributed by atoms with Crippen LogP contribution in [0.1, 0.15) is 48.1 Å². The van der Waals surface area contributed by atoms with Crippen LogP contribution in [0.15, 0.2) is 72.9 Å². The van der Waals surface area contributed by atoms with Crippen molar-refractivity contribution in [1.82, 2.24) is 15.2 Å². The van der Waals surface area contributed by atoms with E-state index in [4.69, 9.17) is 14.2 Å². The number of nitrogens with one attached hydrogen (secondary N) is 2. The van der Waals surface area contributed by atoms with Gasteiger partial charge in [0.2, 0.25) is 0 Å². The molecule has 1 aliphatic heterocycles. The van der Waals surface area contributed by atoms with Crippen molar-refractivity contribution < 1.29 is 28.9 Å². The standard InChI is InChI=1S/C31H38N4O6/c1-3-39-29(37)19-33-31(38)34-26-13-11-24(12-14-26)30-40-27(20-35(2)17-15-25-6-4-5-16-32-25)18-28(41-30)23-9-7-22(21-36)8-10-23/h4-14,16,27-28,30,36H,3,15,17-21H2,1-2H3,(H2,33,34,38)/t27-,28+,30+/m1/s1. The minimum atomic E-state index is -0.604. The SMILES string of the molecule is CCOC(=O)CNC(=O)Nc1ccc([C@H]2O[C@@H](CN(C)CCc3ccccn3)C[C@@H](c3ccc(CO)cc3)O2)cc1. The molecule has 0 radical (unpaired) electrons. The van der Waals surface area contributed by atoms with E-state index in [2.05, 4.69) is 27.6 Å². The van der Waals surface area contributed by atoms with Gasteiger partial charge in [-0.05, 0) is 49.4 Å². The molecule has 218 valence electrons. The average molecular weight is 563 g/mol. The molecule has 1 fully saturated rings. The van der Waals surface area contributed by atoms with E-state index in [1.54, 1.807) is 19.1 Å². The Labute approximate surface area is 240 Å². The van der Waals surface area contributed by atoms with Crippen LogP contribution < -0.4 is 10.6 Å². The lowest BCUT2D eigenvalue weighted by atomic mass is 9.99. The summed E-state index contributed by atoms with van der Waals surface area (Å²) >= 11 is 0. The number of esters is 1. The number of urea groups is 1. The van der Waals surface area contributed by atoms with Gasteiger partial charge in [-0.25, -0.2) is 4.79 Å². The molecule has 1 aromatic heterocycles. The quantitative estimate of drug-likeness (QED) is 0.284. The summed E-state index contributed by atoms with van der Waals surface area (Å²) in [5.41, 5.74) is 4.30. The summed E-state index contributed by atoms with van der Waals surface area (Å²) in [5.74, 6) is -0.498. The van der Waals surface area contributed by atoms with Gasteiger partial charge < -0.3 is 34.9 Å². The van der Waals surface area contributed by atoms with E-state index in [1.807, 2.05) is 60.8 Å². The fourth-order valence-electron chi connectivity index (χ4n) is 4.59. The van der Waals surface area contributed by atoms with Crippen LogP contribution in [0, 0.1) is 0 Å². The van der Waals surface area contributed by atoms with E-state index in [-0.39, 0.29) is 32.0 Å². The number of likely N-dealkylation sites (N-methyl/N-ethyl adjacent to an activating group) is 1. The van der Waals surface area contributed by atoms with E-state index < -0.39 is 18.3 Å². The van der Waals surface area contributed by atoms with Crippen molar-refractivity contribution in [3.63, 3.8) is 0 Å². The van der Waals surface area contributed by atoms with Crippen LogP contribution in [0.4, 0.5) is 10.5 Å². The second kappa shape index (κ2) is 15.2. The van der Waals surface area contributed by atoms with Crippen LogP contribution in [-0.4, -0.2) is 66.4 Å². The summed E-state index contributed by atoms with van der Waals surface area (Å²) in [6, 6.07) is 20.5. The fraction of sp³-hybridized carbons (Fsp3) is 0.387. The zero-order chi connectivity index (χ0) is 29.0. The molecule has 0 bridgehead atoms. The number of carbonyl (C=O) groups is 2. The Morgan fingerprint density at radius 3 is 2.49 bits per heavy atom. The van der Waals surface area contributed by atoms with Crippen molar-refractivity contribution >= 4 is 17.7 Å². The van der Waals surface area contributed by atoms with Crippen LogP contribution in [0.3, 0.4) is 0 Å². The first kappa shape index (κ1) is 30.1. The third-order valence-corrected chi connectivity index (χ3v) is 6.75. The lowest BCUT2D eigenvalue weighted by Gasteiger charge is -2.38. The number of rotatable bonds is 12. The third-order valence-electron chi connectivity index (χ3n) is 6.75. The maximum Gasteiger partial charge on any atom is 0.325 e. The molecule has 3 aromatic rings. The van der Waals surface area contributed by atoms with Gasteiger partial charge >= 0.3 is 12.0 Å². The predicted octanol–water partition coefficient (Wildman–Crippen LogP) is 3.98. The normalized spacial score (nSPS) is 18.6. The highest BCUT2D eigenvalue weighted by molar-refractivity contribution is 5.91.